The van der Waals surface area contributed by atoms with Crippen LogP contribution in [0.4, 0.5) is 13.2 Å². The summed E-state index contributed by atoms with van der Waals surface area (Å²) in [5.74, 6) is -1.41. The zero-order chi connectivity index (χ0) is 11.6. The van der Waals surface area contributed by atoms with E-state index in [1.165, 1.54) is 0 Å². The first-order valence-electron chi connectivity index (χ1n) is 4.24. The number of alkyl halides is 3. The van der Waals surface area contributed by atoms with Crippen molar-refractivity contribution in [1.82, 2.24) is 9.78 Å². The number of hydrogen-bond donors (Lipinski definition) is 1. The molecule has 0 atom stereocenters. The molecule has 84 valence electrons. The van der Waals surface area contributed by atoms with E-state index < -0.39 is 23.5 Å². The fourth-order valence-electron chi connectivity index (χ4n) is 1.11. The number of hydrogen-bond acceptors (Lipinski definition) is 2. The molecule has 0 aromatic carbocycles. The molecule has 0 spiro atoms. The minimum atomic E-state index is -4.61. The molecule has 1 aromatic heterocycles. The van der Waals surface area contributed by atoms with Gasteiger partial charge in [0.05, 0.1) is 0 Å². The summed E-state index contributed by atoms with van der Waals surface area (Å²) in [4.78, 5) is 10.6. The molecule has 0 amide bonds. The molecule has 1 N–H and O–H groups in total. The molecular formula is C8H9F3N2O2. The van der Waals surface area contributed by atoms with Gasteiger partial charge < -0.3 is 5.11 Å². The number of aromatic carboxylic acids is 1. The molecule has 7 heteroatoms. The largest absolute Gasteiger partial charge is 0.477 e. The lowest BCUT2D eigenvalue weighted by molar-refractivity contribution is -0.141. The first-order valence-corrected chi connectivity index (χ1v) is 4.24. The van der Waals surface area contributed by atoms with E-state index in [2.05, 4.69) is 5.10 Å². The predicted octanol–water partition coefficient (Wildman–Crippen LogP) is 2.01. The van der Waals surface area contributed by atoms with Crippen LogP contribution >= 0.6 is 0 Å². The summed E-state index contributed by atoms with van der Waals surface area (Å²) in [6.07, 6.45) is -4.09. The molecule has 0 saturated heterocycles. The van der Waals surface area contributed by atoms with E-state index in [0.717, 1.165) is 4.68 Å². The molecule has 1 heterocycles. The van der Waals surface area contributed by atoms with E-state index in [1.54, 1.807) is 6.92 Å². The molecule has 0 radical (unpaired) electrons. The molecular weight excluding hydrogens is 213 g/mol. The summed E-state index contributed by atoms with van der Waals surface area (Å²) in [5, 5.41) is 11.8. The lowest BCUT2D eigenvalue weighted by Crippen LogP contribution is -2.10. The average Bonchev–Trinajstić information content (AvgIpc) is 2.48. The second kappa shape index (κ2) is 3.92. The lowest BCUT2D eigenvalue weighted by atomic mass is 10.3. The Hall–Kier alpha value is -1.53. The van der Waals surface area contributed by atoms with E-state index in [1.807, 2.05) is 0 Å². The van der Waals surface area contributed by atoms with Crippen LogP contribution in [-0.4, -0.2) is 20.9 Å². The predicted molar refractivity (Wildman–Crippen MR) is 44.5 cm³/mol. The molecule has 0 fully saturated rings. The van der Waals surface area contributed by atoms with Crippen LogP contribution in [-0.2, 0) is 12.7 Å². The van der Waals surface area contributed by atoms with Gasteiger partial charge in [-0.05, 0) is 6.42 Å². The van der Waals surface area contributed by atoms with Crippen molar-refractivity contribution in [3.8, 4) is 0 Å². The summed E-state index contributed by atoms with van der Waals surface area (Å²) in [7, 11) is 0. The van der Waals surface area contributed by atoms with Crippen LogP contribution in [0.1, 0.15) is 29.5 Å². The minimum Gasteiger partial charge on any atom is -0.477 e. The normalized spacial score (nSPS) is 11.7. The minimum absolute atomic E-state index is 0.151. The Kier molecular flexibility index (Phi) is 3.01. The quantitative estimate of drug-likeness (QED) is 0.851. The van der Waals surface area contributed by atoms with Crippen molar-refractivity contribution >= 4 is 5.97 Å². The number of aromatic nitrogens is 2. The zero-order valence-electron chi connectivity index (χ0n) is 7.88. The first-order chi connectivity index (χ1) is 6.86. The topological polar surface area (TPSA) is 55.1 Å². The summed E-state index contributed by atoms with van der Waals surface area (Å²) in [6.45, 7) is 1.87. The maximum Gasteiger partial charge on any atom is 0.435 e. The Morgan fingerprint density at radius 2 is 2.20 bits per heavy atom. The lowest BCUT2D eigenvalue weighted by Gasteiger charge is -2.01. The van der Waals surface area contributed by atoms with Gasteiger partial charge in [-0.1, -0.05) is 6.92 Å². The van der Waals surface area contributed by atoms with Crippen LogP contribution in [0.3, 0.4) is 0 Å². The van der Waals surface area contributed by atoms with Crippen LogP contribution in [0.15, 0.2) is 6.07 Å². The van der Waals surface area contributed by atoms with Crippen LogP contribution < -0.4 is 0 Å². The van der Waals surface area contributed by atoms with Crippen molar-refractivity contribution in [3.63, 3.8) is 0 Å². The van der Waals surface area contributed by atoms with Crippen molar-refractivity contribution in [1.29, 1.82) is 0 Å². The van der Waals surface area contributed by atoms with Crippen LogP contribution in [0.25, 0.3) is 0 Å². The SMILES string of the molecule is CCCn1nc(C(F)(F)F)cc1C(=O)O. The third-order valence-electron chi connectivity index (χ3n) is 1.72. The maximum absolute atomic E-state index is 12.2. The molecule has 0 aliphatic heterocycles. The second-order valence-electron chi connectivity index (χ2n) is 2.94. The van der Waals surface area contributed by atoms with Gasteiger partial charge in [0.25, 0.3) is 0 Å². The van der Waals surface area contributed by atoms with E-state index in [9.17, 15) is 18.0 Å². The van der Waals surface area contributed by atoms with Gasteiger partial charge in [-0.15, -0.1) is 0 Å². The highest BCUT2D eigenvalue weighted by molar-refractivity contribution is 5.85. The van der Waals surface area contributed by atoms with E-state index in [4.69, 9.17) is 5.11 Å². The average molecular weight is 222 g/mol. The molecule has 0 aliphatic carbocycles. The number of aryl methyl sites for hydroxylation is 1. The molecule has 1 rings (SSSR count). The van der Waals surface area contributed by atoms with Crippen molar-refractivity contribution in [2.24, 2.45) is 0 Å². The fourth-order valence-corrected chi connectivity index (χ4v) is 1.11. The fraction of sp³-hybridized carbons (Fsp3) is 0.500. The highest BCUT2D eigenvalue weighted by Gasteiger charge is 2.35. The first kappa shape index (κ1) is 11.5. The number of nitrogens with zero attached hydrogens (tertiary/aromatic N) is 2. The van der Waals surface area contributed by atoms with Gasteiger partial charge in [0.15, 0.2) is 5.69 Å². The van der Waals surface area contributed by atoms with Gasteiger partial charge >= 0.3 is 12.1 Å². The molecule has 0 saturated carbocycles. The summed E-state index contributed by atoms with van der Waals surface area (Å²) in [5.41, 5.74) is -1.61. The molecule has 15 heavy (non-hydrogen) atoms. The molecule has 4 nitrogen and oxygen atoms in total. The monoisotopic (exact) mass is 222 g/mol. The number of rotatable bonds is 3. The van der Waals surface area contributed by atoms with E-state index in [-0.39, 0.29) is 6.54 Å². The summed E-state index contributed by atoms with van der Waals surface area (Å²) >= 11 is 0. The maximum atomic E-state index is 12.2. The Labute approximate surface area is 83.3 Å². The number of carbonyl (C=O) groups is 1. The Morgan fingerprint density at radius 1 is 1.60 bits per heavy atom. The Bertz CT molecular complexity index is 370. The molecule has 1 aromatic rings. The third-order valence-corrected chi connectivity index (χ3v) is 1.72. The number of carboxylic acid groups (broad SMARTS) is 1. The Morgan fingerprint density at radius 3 is 2.60 bits per heavy atom. The van der Waals surface area contributed by atoms with Gasteiger partial charge in [-0.3, -0.25) is 4.68 Å². The highest BCUT2D eigenvalue weighted by Crippen LogP contribution is 2.28. The zero-order valence-corrected chi connectivity index (χ0v) is 7.88. The molecule has 0 unspecified atom stereocenters. The van der Waals surface area contributed by atoms with Crippen molar-refractivity contribution in [2.45, 2.75) is 26.1 Å². The molecule has 0 aliphatic rings. The third kappa shape index (κ3) is 2.48. The van der Waals surface area contributed by atoms with E-state index in [0.29, 0.717) is 12.5 Å². The van der Waals surface area contributed by atoms with Gasteiger partial charge in [0.2, 0.25) is 0 Å². The standard InChI is InChI=1S/C8H9F3N2O2/c1-2-3-13-5(7(14)15)4-6(12-13)8(9,10)11/h4H,2-3H2,1H3,(H,14,15). The molecule has 0 bridgehead atoms. The number of halogens is 3. The smallest absolute Gasteiger partial charge is 0.435 e. The van der Waals surface area contributed by atoms with Gasteiger partial charge in [-0.2, -0.15) is 18.3 Å². The van der Waals surface area contributed by atoms with Crippen molar-refractivity contribution in [3.05, 3.63) is 17.5 Å². The highest BCUT2D eigenvalue weighted by atomic mass is 19.4. The van der Waals surface area contributed by atoms with Gasteiger partial charge in [0, 0.05) is 12.6 Å². The van der Waals surface area contributed by atoms with Crippen LogP contribution in [0, 0.1) is 0 Å². The van der Waals surface area contributed by atoms with Crippen LogP contribution in [0.5, 0.6) is 0 Å². The van der Waals surface area contributed by atoms with Gasteiger partial charge in [-0.25, -0.2) is 4.79 Å². The Balaban J connectivity index is 3.15. The number of carboxylic acids is 1. The van der Waals surface area contributed by atoms with E-state index >= 15 is 0 Å². The van der Waals surface area contributed by atoms with Gasteiger partial charge in [0.1, 0.15) is 5.69 Å². The second-order valence-corrected chi connectivity index (χ2v) is 2.94. The van der Waals surface area contributed by atoms with Crippen molar-refractivity contribution < 1.29 is 23.1 Å². The van der Waals surface area contributed by atoms with Crippen molar-refractivity contribution in [2.75, 3.05) is 0 Å². The summed E-state index contributed by atoms with van der Waals surface area (Å²) in [6, 6.07) is 0.540. The van der Waals surface area contributed by atoms with Crippen LogP contribution in [0.2, 0.25) is 0 Å². The summed E-state index contributed by atoms with van der Waals surface area (Å²) < 4.78 is 37.5.